The molecule has 4 heterocycles. The van der Waals surface area contributed by atoms with Crippen LogP contribution in [0.15, 0.2) is 35.6 Å². The molecule has 0 radical (unpaired) electrons. The number of nitrogens with one attached hydrogen (secondary N) is 2. The number of anilines is 2. The van der Waals surface area contributed by atoms with Crippen LogP contribution in [0.5, 0.6) is 5.75 Å². The van der Waals surface area contributed by atoms with Gasteiger partial charge < -0.3 is 25.2 Å². The first-order chi connectivity index (χ1) is 16.1. The second-order valence-electron chi connectivity index (χ2n) is 8.59. The average Bonchev–Trinajstić information content (AvgIpc) is 3.39. The third kappa shape index (κ3) is 4.51. The van der Waals surface area contributed by atoms with Gasteiger partial charge in [-0.05, 0) is 32.0 Å². The summed E-state index contributed by atoms with van der Waals surface area (Å²) >= 11 is 0. The number of hydrogen-bond donors (Lipinski definition) is 2. The van der Waals surface area contributed by atoms with E-state index in [-0.39, 0.29) is 24.5 Å². The molecule has 33 heavy (non-hydrogen) atoms. The Morgan fingerprint density at radius 2 is 2.03 bits per heavy atom. The Bertz CT molecular complexity index is 1090. The van der Waals surface area contributed by atoms with Gasteiger partial charge in [-0.3, -0.25) is 14.6 Å². The van der Waals surface area contributed by atoms with Crippen molar-refractivity contribution in [2.45, 2.75) is 24.8 Å². The predicted octanol–water partition coefficient (Wildman–Crippen LogP) is 1.64. The number of carbonyl (C=O) groups is 2. The summed E-state index contributed by atoms with van der Waals surface area (Å²) in [5, 5.41) is 6.17. The van der Waals surface area contributed by atoms with E-state index in [0.29, 0.717) is 35.2 Å². The zero-order valence-corrected chi connectivity index (χ0v) is 18.5. The van der Waals surface area contributed by atoms with Crippen LogP contribution >= 0.6 is 0 Å². The van der Waals surface area contributed by atoms with Crippen LogP contribution < -0.4 is 15.4 Å². The second kappa shape index (κ2) is 9.14. The number of amides is 2. The number of likely N-dealkylation sites (N-methyl/N-ethyl adjacent to an activating group) is 1. The van der Waals surface area contributed by atoms with E-state index >= 15 is 0 Å². The average molecular weight is 450 g/mol. The van der Waals surface area contributed by atoms with Gasteiger partial charge in [0.15, 0.2) is 6.61 Å². The highest BCUT2D eigenvalue weighted by atomic mass is 16.5. The molecule has 5 rings (SSSR count). The van der Waals surface area contributed by atoms with Gasteiger partial charge in [-0.2, -0.15) is 0 Å². The topological polar surface area (TPSA) is 112 Å². The third-order valence-corrected chi connectivity index (χ3v) is 6.28. The minimum Gasteiger partial charge on any atom is -0.484 e. The van der Waals surface area contributed by atoms with Crippen molar-refractivity contribution in [1.82, 2.24) is 19.8 Å². The summed E-state index contributed by atoms with van der Waals surface area (Å²) in [5.74, 6) is 0.906. The lowest BCUT2D eigenvalue weighted by Crippen LogP contribution is -2.44. The van der Waals surface area contributed by atoms with Crippen LogP contribution in [0.3, 0.4) is 0 Å². The Kier molecular flexibility index (Phi) is 5.91. The van der Waals surface area contributed by atoms with Crippen molar-refractivity contribution in [1.29, 1.82) is 0 Å². The molecule has 172 valence electrons. The molecular formula is C23H27N7O3. The van der Waals surface area contributed by atoms with E-state index in [1.807, 2.05) is 24.1 Å². The Hall–Kier alpha value is -3.53. The molecule has 10 heteroatoms. The van der Waals surface area contributed by atoms with Crippen molar-refractivity contribution in [3.8, 4) is 5.75 Å². The van der Waals surface area contributed by atoms with Gasteiger partial charge in [-0.15, -0.1) is 0 Å². The Labute approximate surface area is 192 Å². The summed E-state index contributed by atoms with van der Waals surface area (Å²) in [6.45, 7) is 2.95. The monoisotopic (exact) mass is 449 g/mol. The Morgan fingerprint density at radius 1 is 1.15 bits per heavy atom. The highest BCUT2D eigenvalue weighted by molar-refractivity contribution is 6.13. The molecule has 0 aliphatic carbocycles. The first kappa shape index (κ1) is 21.3. The lowest BCUT2D eigenvalue weighted by Gasteiger charge is -2.29. The van der Waals surface area contributed by atoms with Gasteiger partial charge in [-0.1, -0.05) is 6.07 Å². The van der Waals surface area contributed by atoms with Crippen LogP contribution in [0.2, 0.25) is 0 Å². The maximum Gasteiger partial charge on any atom is 0.260 e. The minimum atomic E-state index is -0.599. The molecule has 1 unspecified atom stereocenters. The predicted molar refractivity (Wildman–Crippen MR) is 124 cm³/mol. The summed E-state index contributed by atoms with van der Waals surface area (Å²) < 4.78 is 5.79. The fourth-order valence-electron chi connectivity index (χ4n) is 4.61. The Morgan fingerprint density at radius 3 is 2.94 bits per heavy atom. The van der Waals surface area contributed by atoms with Crippen LogP contribution in [0, 0.1) is 0 Å². The number of nitrogens with zero attached hydrogens (tertiary/aromatic N) is 5. The van der Waals surface area contributed by atoms with Crippen molar-refractivity contribution in [2.75, 3.05) is 50.5 Å². The smallest absolute Gasteiger partial charge is 0.260 e. The van der Waals surface area contributed by atoms with E-state index in [1.165, 1.54) is 6.33 Å². The molecule has 2 amide bonds. The molecule has 10 nitrogen and oxygen atoms in total. The van der Waals surface area contributed by atoms with Crippen LogP contribution in [0.1, 0.15) is 24.3 Å². The van der Waals surface area contributed by atoms with Crippen molar-refractivity contribution < 1.29 is 14.3 Å². The molecule has 0 spiro atoms. The van der Waals surface area contributed by atoms with Crippen molar-refractivity contribution in [2.24, 2.45) is 4.99 Å². The second-order valence-corrected chi connectivity index (χ2v) is 8.59. The van der Waals surface area contributed by atoms with Gasteiger partial charge in [0.25, 0.3) is 5.91 Å². The molecule has 1 saturated heterocycles. The lowest BCUT2D eigenvalue weighted by atomic mass is 10.0. The molecule has 2 aromatic rings. The maximum absolute atomic E-state index is 12.8. The van der Waals surface area contributed by atoms with Gasteiger partial charge in [0.05, 0.1) is 11.3 Å². The summed E-state index contributed by atoms with van der Waals surface area (Å²) in [5.41, 5.74) is 1.34. The minimum absolute atomic E-state index is 0.000158. The summed E-state index contributed by atoms with van der Waals surface area (Å²) in [7, 11) is 2.05. The van der Waals surface area contributed by atoms with E-state index in [1.54, 1.807) is 18.3 Å². The first-order valence-electron chi connectivity index (χ1n) is 11.2. The van der Waals surface area contributed by atoms with Gasteiger partial charge in [0.1, 0.15) is 29.6 Å². The molecule has 2 bridgehead atoms. The number of ether oxygens (including phenoxy) is 1. The normalized spacial score (nSPS) is 23.6. The van der Waals surface area contributed by atoms with E-state index in [4.69, 9.17) is 4.74 Å². The molecule has 0 saturated carbocycles. The molecule has 2 N–H and O–H groups in total. The SMILES string of the molecule is CN1CCNc2ncnc3c2C(C=Nc2cccc(c2)OCC(=O)N2CCC[C@@H]2C1)C(=O)N3. The van der Waals surface area contributed by atoms with Crippen LogP contribution in [0.25, 0.3) is 0 Å². The number of carbonyl (C=O) groups excluding carboxylic acids is 2. The molecule has 3 aliphatic rings. The van der Waals surface area contributed by atoms with E-state index < -0.39 is 5.92 Å². The lowest BCUT2D eigenvalue weighted by molar-refractivity contribution is -0.134. The fourth-order valence-corrected chi connectivity index (χ4v) is 4.61. The van der Waals surface area contributed by atoms with Crippen LogP contribution in [-0.4, -0.2) is 83.7 Å². The van der Waals surface area contributed by atoms with Crippen molar-refractivity contribution in [3.63, 3.8) is 0 Å². The van der Waals surface area contributed by atoms with E-state index in [0.717, 1.165) is 32.5 Å². The summed E-state index contributed by atoms with van der Waals surface area (Å²) in [4.78, 5) is 42.7. The summed E-state index contributed by atoms with van der Waals surface area (Å²) in [6.07, 6.45) is 5.04. The molecule has 3 aliphatic heterocycles. The number of aromatic nitrogens is 2. The fraction of sp³-hybridized carbons (Fsp3) is 0.435. The van der Waals surface area contributed by atoms with Gasteiger partial charge in [0, 0.05) is 44.5 Å². The number of benzene rings is 1. The van der Waals surface area contributed by atoms with Gasteiger partial charge >= 0.3 is 0 Å². The van der Waals surface area contributed by atoms with Gasteiger partial charge in [0.2, 0.25) is 5.91 Å². The van der Waals surface area contributed by atoms with Crippen LogP contribution in [0.4, 0.5) is 17.3 Å². The van der Waals surface area contributed by atoms with E-state index in [9.17, 15) is 9.59 Å². The highest BCUT2D eigenvalue weighted by Crippen LogP contribution is 2.35. The number of fused-ring (bicyclic) bond motifs is 3. The quantitative estimate of drug-likeness (QED) is 0.629. The Balaban J connectivity index is 1.45. The number of aliphatic imine (C=N–C) groups is 1. The maximum atomic E-state index is 12.8. The molecular weight excluding hydrogens is 422 g/mol. The highest BCUT2D eigenvalue weighted by Gasteiger charge is 2.34. The molecule has 2 atom stereocenters. The number of hydrogen-bond acceptors (Lipinski definition) is 8. The zero-order chi connectivity index (χ0) is 22.8. The van der Waals surface area contributed by atoms with Crippen molar-refractivity contribution >= 4 is 35.4 Å². The zero-order valence-electron chi connectivity index (χ0n) is 18.5. The van der Waals surface area contributed by atoms with E-state index in [2.05, 4.69) is 30.5 Å². The third-order valence-electron chi connectivity index (χ3n) is 6.28. The van der Waals surface area contributed by atoms with Gasteiger partial charge in [-0.25, -0.2) is 9.97 Å². The van der Waals surface area contributed by atoms with Crippen molar-refractivity contribution in [3.05, 3.63) is 36.2 Å². The van der Waals surface area contributed by atoms with Crippen LogP contribution in [-0.2, 0) is 9.59 Å². The first-order valence-corrected chi connectivity index (χ1v) is 11.2. The molecule has 1 aromatic heterocycles. The standard InChI is InChI=1S/C23H27N7O3/c1-29-9-7-24-21-20-18(23(32)28-22(20)27-14-26-21)11-25-15-4-2-6-17(10-15)33-13-19(31)30-8-3-5-16(30)12-29/h2,4,6,10-11,14,16,18H,3,5,7-9,12-13H2,1H3,(H2,24,26,27,28,32)/t16-,18?/m1/s1. The largest absolute Gasteiger partial charge is 0.484 e. The molecule has 1 aromatic carbocycles. The molecule has 1 fully saturated rings. The summed E-state index contributed by atoms with van der Waals surface area (Å²) in [6, 6.07) is 7.38. The number of rotatable bonds is 0.